The van der Waals surface area contributed by atoms with Gasteiger partial charge in [-0.15, -0.1) is 0 Å². The molecule has 0 aromatic heterocycles. The second kappa shape index (κ2) is 4.11. The average Bonchev–Trinajstić information content (AvgIpc) is 2.57. The third kappa shape index (κ3) is 1.93. The second-order valence-electron chi connectivity index (χ2n) is 4.82. The van der Waals surface area contributed by atoms with Crippen molar-refractivity contribution in [2.24, 2.45) is 5.73 Å². The van der Waals surface area contributed by atoms with E-state index in [-0.39, 0.29) is 18.3 Å². The summed E-state index contributed by atoms with van der Waals surface area (Å²) in [6.07, 6.45) is 1.38. The molecule has 2 unspecified atom stereocenters. The summed E-state index contributed by atoms with van der Waals surface area (Å²) >= 11 is 0. The first-order valence-corrected chi connectivity index (χ1v) is 5.72. The highest BCUT2D eigenvalue weighted by Crippen LogP contribution is 2.43. The van der Waals surface area contributed by atoms with E-state index in [1.54, 1.807) is 6.07 Å². The van der Waals surface area contributed by atoms with Crippen molar-refractivity contribution in [1.29, 1.82) is 0 Å². The Morgan fingerprint density at radius 1 is 1.65 bits per heavy atom. The van der Waals surface area contributed by atoms with Crippen LogP contribution < -0.4 is 5.73 Å². The summed E-state index contributed by atoms with van der Waals surface area (Å²) < 4.78 is 13.1. The lowest BCUT2D eigenvalue weighted by atomic mass is 9.73. The van der Waals surface area contributed by atoms with Gasteiger partial charge in [-0.2, -0.15) is 0 Å². The molecule has 17 heavy (non-hydrogen) atoms. The van der Waals surface area contributed by atoms with Gasteiger partial charge in [0, 0.05) is 11.5 Å². The molecule has 0 saturated heterocycles. The number of carboxylic acid groups (broad SMARTS) is 1. The maximum atomic E-state index is 13.1. The Morgan fingerprint density at radius 2 is 2.35 bits per heavy atom. The third-order valence-electron chi connectivity index (χ3n) is 3.78. The zero-order chi connectivity index (χ0) is 12.6. The molecule has 1 aromatic rings. The zero-order valence-corrected chi connectivity index (χ0v) is 9.74. The molecule has 1 aliphatic rings. The van der Waals surface area contributed by atoms with Gasteiger partial charge in [0.25, 0.3) is 0 Å². The third-order valence-corrected chi connectivity index (χ3v) is 3.78. The summed E-state index contributed by atoms with van der Waals surface area (Å²) in [6, 6.07) is 4.29. The number of rotatable bonds is 3. The minimum atomic E-state index is -0.862. The molecule has 1 aromatic carbocycles. The van der Waals surface area contributed by atoms with E-state index in [0.717, 1.165) is 11.1 Å². The Labute approximate surface area is 99.4 Å². The molecule has 3 N–H and O–H groups in total. The van der Waals surface area contributed by atoms with Gasteiger partial charge in [0.15, 0.2) is 0 Å². The van der Waals surface area contributed by atoms with Gasteiger partial charge >= 0.3 is 5.97 Å². The highest BCUT2D eigenvalue weighted by Gasteiger charge is 2.43. The van der Waals surface area contributed by atoms with Crippen LogP contribution in [0.4, 0.5) is 4.39 Å². The molecule has 0 aliphatic heterocycles. The molecule has 0 spiro atoms. The van der Waals surface area contributed by atoms with Crippen LogP contribution in [0.15, 0.2) is 18.2 Å². The summed E-state index contributed by atoms with van der Waals surface area (Å²) in [5.74, 6) is -1.14. The fourth-order valence-corrected chi connectivity index (χ4v) is 2.83. The van der Waals surface area contributed by atoms with Crippen LogP contribution in [0.5, 0.6) is 0 Å². The first kappa shape index (κ1) is 12.0. The van der Waals surface area contributed by atoms with Crippen LogP contribution in [0, 0.1) is 5.82 Å². The Hall–Kier alpha value is -1.42. The molecule has 92 valence electrons. The molecule has 4 heteroatoms. The molecule has 0 radical (unpaired) electrons. The summed E-state index contributed by atoms with van der Waals surface area (Å²) in [4.78, 5) is 11.0. The number of aliphatic carboxylic acids is 1. The van der Waals surface area contributed by atoms with Crippen molar-refractivity contribution in [3.63, 3.8) is 0 Å². The van der Waals surface area contributed by atoms with E-state index in [2.05, 4.69) is 0 Å². The van der Waals surface area contributed by atoms with Crippen molar-refractivity contribution in [2.45, 2.75) is 37.6 Å². The quantitative estimate of drug-likeness (QED) is 0.843. The van der Waals surface area contributed by atoms with Crippen LogP contribution in [0.25, 0.3) is 0 Å². The van der Waals surface area contributed by atoms with Gasteiger partial charge in [0.2, 0.25) is 0 Å². The van der Waals surface area contributed by atoms with Crippen LogP contribution in [0.3, 0.4) is 0 Å². The summed E-state index contributed by atoms with van der Waals surface area (Å²) in [6.45, 7) is 1.82. The number of nitrogens with two attached hydrogens (primary N) is 1. The molecular weight excluding hydrogens is 221 g/mol. The molecule has 0 amide bonds. The average molecular weight is 237 g/mol. The molecule has 2 atom stereocenters. The fourth-order valence-electron chi connectivity index (χ4n) is 2.83. The number of hydrogen-bond acceptors (Lipinski definition) is 2. The van der Waals surface area contributed by atoms with Crippen molar-refractivity contribution in [3.05, 3.63) is 35.1 Å². The van der Waals surface area contributed by atoms with Crippen LogP contribution in [-0.4, -0.2) is 17.1 Å². The van der Waals surface area contributed by atoms with E-state index in [9.17, 15) is 9.18 Å². The lowest BCUT2D eigenvalue weighted by molar-refractivity contribution is -0.138. The van der Waals surface area contributed by atoms with Gasteiger partial charge in [0.05, 0.1) is 6.42 Å². The fraction of sp³-hybridized carbons (Fsp3) is 0.462. The molecule has 0 bridgehead atoms. The number of fused-ring (bicyclic) bond motifs is 1. The van der Waals surface area contributed by atoms with Crippen molar-refractivity contribution >= 4 is 5.97 Å². The van der Waals surface area contributed by atoms with Crippen LogP contribution in [-0.2, 0) is 16.6 Å². The molecule has 0 saturated carbocycles. The molecule has 0 fully saturated rings. The number of carbonyl (C=O) groups is 1. The molecule has 3 nitrogen and oxygen atoms in total. The molecule has 2 rings (SSSR count). The molecular formula is C13H16FNO2. The predicted molar refractivity (Wildman–Crippen MR) is 62.3 cm³/mol. The highest BCUT2D eigenvalue weighted by atomic mass is 19.1. The zero-order valence-electron chi connectivity index (χ0n) is 9.74. The lowest BCUT2D eigenvalue weighted by Gasteiger charge is -2.33. The summed E-state index contributed by atoms with van der Waals surface area (Å²) in [7, 11) is 0. The van der Waals surface area contributed by atoms with E-state index in [1.807, 2.05) is 6.92 Å². The van der Waals surface area contributed by atoms with Gasteiger partial charge in [-0.05, 0) is 43.0 Å². The lowest BCUT2D eigenvalue weighted by Crippen LogP contribution is -2.43. The Balaban J connectivity index is 2.49. The Kier molecular flexibility index (Phi) is 2.91. The van der Waals surface area contributed by atoms with Crippen molar-refractivity contribution in [1.82, 2.24) is 0 Å². The highest BCUT2D eigenvalue weighted by molar-refractivity contribution is 5.70. The maximum absolute atomic E-state index is 13.1. The first-order chi connectivity index (χ1) is 7.95. The van der Waals surface area contributed by atoms with Crippen molar-refractivity contribution in [2.75, 3.05) is 0 Å². The van der Waals surface area contributed by atoms with E-state index in [4.69, 9.17) is 10.8 Å². The van der Waals surface area contributed by atoms with Gasteiger partial charge in [-0.3, -0.25) is 4.79 Å². The van der Waals surface area contributed by atoms with Gasteiger partial charge in [-0.25, -0.2) is 4.39 Å². The van der Waals surface area contributed by atoms with E-state index < -0.39 is 11.4 Å². The number of hydrogen-bond donors (Lipinski definition) is 2. The number of carboxylic acids is 1. The minimum Gasteiger partial charge on any atom is -0.481 e. The number of halogens is 1. The number of aryl methyl sites for hydroxylation is 1. The van der Waals surface area contributed by atoms with Crippen LogP contribution in [0.2, 0.25) is 0 Å². The van der Waals surface area contributed by atoms with Gasteiger partial charge in [0.1, 0.15) is 5.82 Å². The Morgan fingerprint density at radius 3 is 2.94 bits per heavy atom. The summed E-state index contributed by atoms with van der Waals surface area (Å²) in [5.41, 5.74) is 7.22. The second-order valence-corrected chi connectivity index (χ2v) is 4.82. The topological polar surface area (TPSA) is 63.3 Å². The van der Waals surface area contributed by atoms with Crippen molar-refractivity contribution < 1.29 is 14.3 Å². The summed E-state index contributed by atoms with van der Waals surface area (Å²) in [5, 5.41) is 9.04. The van der Waals surface area contributed by atoms with Crippen molar-refractivity contribution in [3.8, 4) is 0 Å². The van der Waals surface area contributed by atoms with Crippen LogP contribution in [0.1, 0.15) is 30.9 Å². The predicted octanol–water partition coefficient (Wildman–Crippen LogP) is 1.83. The SMILES string of the molecule is CC(N)C1(CC(=O)O)CCc2cc(F)ccc21. The maximum Gasteiger partial charge on any atom is 0.304 e. The molecule has 1 aliphatic carbocycles. The van der Waals surface area contributed by atoms with E-state index in [0.29, 0.717) is 12.8 Å². The van der Waals surface area contributed by atoms with Gasteiger partial charge in [-0.1, -0.05) is 6.07 Å². The van der Waals surface area contributed by atoms with Gasteiger partial charge < -0.3 is 10.8 Å². The first-order valence-electron chi connectivity index (χ1n) is 5.72. The van der Waals surface area contributed by atoms with Crippen LogP contribution >= 0.6 is 0 Å². The smallest absolute Gasteiger partial charge is 0.304 e. The molecule has 0 heterocycles. The normalized spacial score (nSPS) is 24.4. The largest absolute Gasteiger partial charge is 0.481 e. The Bertz CT molecular complexity index is 459. The standard InChI is InChI=1S/C13H16FNO2/c1-8(15)13(7-12(16)17)5-4-9-6-10(14)2-3-11(9)13/h2-3,6,8H,4-5,7,15H2,1H3,(H,16,17). The number of benzene rings is 1. The monoisotopic (exact) mass is 237 g/mol. The van der Waals surface area contributed by atoms with E-state index in [1.165, 1.54) is 12.1 Å². The van der Waals surface area contributed by atoms with E-state index >= 15 is 0 Å². The minimum absolute atomic E-state index is 0.00327.